The van der Waals surface area contributed by atoms with E-state index in [4.69, 9.17) is 14.2 Å². The summed E-state index contributed by atoms with van der Waals surface area (Å²) in [6, 6.07) is 0. The summed E-state index contributed by atoms with van der Waals surface area (Å²) in [6.45, 7) is 18.8. The standard InChI is InChI=1S/C37H62N2O9/c1-9-29(41)27(6)34-30(46-34)22-36(7,44)15-10-11-25(4)33-26(5)12-13-31(37(8,45)16-14-28(40)21-32(42)48-33)47-35(43)39-19-17-38(18-20-39)23-24(2)3/h10-13,15,24,26-31,33-34,40-41,44-45H,9,14,16-23H2,1-8H3/b13-12+,15-10+,25-11+. The number of ether oxygens (including phenoxy) is 3. The van der Waals surface area contributed by atoms with Gasteiger partial charge in [-0.2, -0.15) is 0 Å². The van der Waals surface area contributed by atoms with Gasteiger partial charge in [-0.25, -0.2) is 4.79 Å². The van der Waals surface area contributed by atoms with Crippen LogP contribution in [0.3, 0.4) is 0 Å². The Balaban J connectivity index is 1.72. The van der Waals surface area contributed by atoms with Crippen LogP contribution in [0.4, 0.5) is 4.79 Å². The fraction of sp³-hybridized carbons (Fsp3) is 0.784. The van der Waals surface area contributed by atoms with Crippen LogP contribution < -0.4 is 0 Å². The maximum absolute atomic E-state index is 13.2. The van der Waals surface area contributed by atoms with Gasteiger partial charge in [0.15, 0.2) is 6.10 Å². The Morgan fingerprint density at radius 2 is 1.88 bits per heavy atom. The second-order valence-corrected chi connectivity index (χ2v) is 15.2. The molecule has 10 unspecified atom stereocenters. The van der Waals surface area contributed by atoms with Crippen molar-refractivity contribution in [2.24, 2.45) is 17.8 Å². The van der Waals surface area contributed by atoms with Crippen molar-refractivity contribution in [2.45, 2.75) is 135 Å². The normalized spacial score (nSPS) is 34.5. The van der Waals surface area contributed by atoms with Crippen LogP contribution in [-0.2, 0) is 19.0 Å². The van der Waals surface area contributed by atoms with Crippen molar-refractivity contribution in [3.05, 3.63) is 36.0 Å². The molecule has 0 bridgehead atoms. The van der Waals surface area contributed by atoms with Gasteiger partial charge >= 0.3 is 12.1 Å². The number of piperazine rings is 1. The van der Waals surface area contributed by atoms with Crippen molar-refractivity contribution < 1.29 is 44.2 Å². The molecule has 1 amide bonds. The highest BCUT2D eigenvalue weighted by molar-refractivity contribution is 5.70. The van der Waals surface area contributed by atoms with Crippen molar-refractivity contribution >= 4 is 12.1 Å². The summed E-state index contributed by atoms with van der Waals surface area (Å²) in [7, 11) is 0. The van der Waals surface area contributed by atoms with Gasteiger partial charge in [0.25, 0.3) is 0 Å². The van der Waals surface area contributed by atoms with Gasteiger partial charge in [-0.3, -0.25) is 9.69 Å². The van der Waals surface area contributed by atoms with Gasteiger partial charge in [-0.1, -0.05) is 58.9 Å². The lowest BCUT2D eigenvalue weighted by molar-refractivity contribution is -0.151. The molecule has 0 aliphatic carbocycles. The van der Waals surface area contributed by atoms with Crippen LogP contribution in [0.15, 0.2) is 36.0 Å². The predicted molar refractivity (Wildman–Crippen MR) is 184 cm³/mol. The van der Waals surface area contributed by atoms with Gasteiger partial charge in [0.1, 0.15) is 11.7 Å². The van der Waals surface area contributed by atoms with Gasteiger partial charge < -0.3 is 39.5 Å². The Bertz CT molecular complexity index is 1140. The first-order valence-corrected chi connectivity index (χ1v) is 17.8. The quantitative estimate of drug-likeness (QED) is 0.109. The average molecular weight is 679 g/mol. The number of esters is 1. The Morgan fingerprint density at radius 3 is 2.50 bits per heavy atom. The first-order chi connectivity index (χ1) is 22.4. The lowest BCUT2D eigenvalue weighted by Crippen LogP contribution is -2.51. The summed E-state index contributed by atoms with van der Waals surface area (Å²) in [4.78, 5) is 30.1. The van der Waals surface area contributed by atoms with E-state index >= 15 is 0 Å². The zero-order chi connectivity index (χ0) is 35.8. The van der Waals surface area contributed by atoms with E-state index in [-0.39, 0.29) is 43.3 Å². The molecule has 0 saturated carbocycles. The number of aliphatic hydroxyl groups is 4. The Hall–Kier alpha value is -2.28. The molecule has 2 saturated heterocycles. The molecule has 3 aliphatic rings. The molecule has 0 aromatic rings. The van der Waals surface area contributed by atoms with Crippen molar-refractivity contribution in [1.29, 1.82) is 0 Å². The van der Waals surface area contributed by atoms with Crippen molar-refractivity contribution in [1.82, 2.24) is 9.80 Å². The van der Waals surface area contributed by atoms with Gasteiger partial charge in [-0.05, 0) is 57.6 Å². The van der Waals surface area contributed by atoms with E-state index in [1.807, 2.05) is 27.7 Å². The lowest BCUT2D eigenvalue weighted by atomic mass is 9.88. The van der Waals surface area contributed by atoms with E-state index in [9.17, 15) is 30.0 Å². The van der Waals surface area contributed by atoms with Crippen molar-refractivity contribution in [3.8, 4) is 0 Å². The summed E-state index contributed by atoms with van der Waals surface area (Å²) in [6.07, 6.45) is 5.74. The molecule has 3 aliphatic heterocycles. The van der Waals surface area contributed by atoms with Crippen LogP contribution in [-0.4, -0.2) is 123 Å². The molecule has 0 aromatic carbocycles. The fourth-order valence-corrected chi connectivity index (χ4v) is 6.61. The molecule has 11 nitrogen and oxygen atoms in total. The molecule has 3 rings (SSSR count). The number of hydrogen-bond acceptors (Lipinski definition) is 10. The summed E-state index contributed by atoms with van der Waals surface area (Å²) >= 11 is 0. The molecule has 0 aromatic heterocycles. The Morgan fingerprint density at radius 1 is 1.21 bits per heavy atom. The Kier molecular flexibility index (Phi) is 14.7. The molecule has 0 radical (unpaired) electrons. The van der Waals surface area contributed by atoms with Gasteiger partial charge in [0.2, 0.25) is 0 Å². The molecule has 274 valence electrons. The zero-order valence-corrected chi connectivity index (χ0v) is 30.4. The first kappa shape index (κ1) is 40.2. The molecule has 11 heteroatoms. The largest absolute Gasteiger partial charge is 0.457 e. The maximum atomic E-state index is 13.2. The second-order valence-electron chi connectivity index (χ2n) is 15.2. The van der Waals surface area contributed by atoms with Crippen LogP contribution in [0.1, 0.15) is 87.5 Å². The molecule has 0 spiro atoms. The summed E-state index contributed by atoms with van der Waals surface area (Å²) in [5.74, 6) is -0.408. The highest BCUT2D eigenvalue weighted by atomic mass is 16.6. The number of aliphatic hydroxyl groups excluding tert-OH is 2. The van der Waals surface area contributed by atoms with Crippen LogP contribution in [0.2, 0.25) is 0 Å². The summed E-state index contributed by atoms with van der Waals surface area (Å²) in [5, 5.41) is 43.2. The van der Waals surface area contributed by atoms with Crippen LogP contribution >= 0.6 is 0 Å². The topological polar surface area (TPSA) is 153 Å². The molecule has 4 N–H and O–H groups in total. The Labute approximate surface area is 287 Å². The number of carbonyl (C=O) groups excluding carboxylic acids is 2. The minimum atomic E-state index is -1.49. The van der Waals surface area contributed by atoms with Crippen LogP contribution in [0.25, 0.3) is 0 Å². The molecule has 48 heavy (non-hydrogen) atoms. The average Bonchev–Trinajstić information content (AvgIpc) is 3.77. The summed E-state index contributed by atoms with van der Waals surface area (Å²) < 4.78 is 17.5. The molecule has 2 fully saturated rings. The minimum absolute atomic E-state index is 0.0112. The minimum Gasteiger partial charge on any atom is -0.457 e. The molecule has 3 heterocycles. The zero-order valence-electron chi connectivity index (χ0n) is 30.4. The number of carbonyl (C=O) groups is 2. The van der Waals surface area contributed by atoms with Crippen molar-refractivity contribution in [2.75, 3.05) is 32.7 Å². The smallest absolute Gasteiger partial charge is 0.410 e. The third kappa shape index (κ3) is 12.2. The van der Waals surface area contributed by atoms with E-state index in [2.05, 4.69) is 18.7 Å². The van der Waals surface area contributed by atoms with E-state index in [0.29, 0.717) is 37.4 Å². The summed E-state index contributed by atoms with van der Waals surface area (Å²) in [5.41, 5.74) is -1.94. The van der Waals surface area contributed by atoms with Gasteiger partial charge in [-0.15, -0.1) is 0 Å². The SMILES string of the molecule is CCC(O)C(C)C1OC1CC(C)(O)/C=C/C=C(\C)C1OC(=O)CC(O)CCC(C)(O)C(OC(=O)N2CCN(CC(C)C)CC2)/C=C/C1C. The van der Waals surface area contributed by atoms with E-state index < -0.39 is 47.7 Å². The highest BCUT2D eigenvalue weighted by Crippen LogP contribution is 2.37. The number of nitrogens with zero attached hydrogens (tertiary/aromatic N) is 2. The predicted octanol–water partition coefficient (Wildman–Crippen LogP) is 3.98. The monoisotopic (exact) mass is 678 g/mol. The van der Waals surface area contributed by atoms with Crippen LogP contribution in [0, 0.1) is 17.8 Å². The van der Waals surface area contributed by atoms with E-state index in [1.54, 1.807) is 49.1 Å². The lowest BCUT2D eigenvalue weighted by Gasteiger charge is -2.37. The van der Waals surface area contributed by atoms with E-state index in [0.717, 1.165) is 19.6 Å². The number of epoxide rings is 1. The number of rotatable bonds is 11. The fourth-order valence-electron chi connectivity index (χ4n) is 6.61. The molecule has 10 atom stereocenters. The maximum Gasteiger partial charge on any atom is 0.410 e. The number of allylic oxidation sites excluding steroid dienone is 2. The number of hydrogen-bond donors (Lipinski definition) is 4. The van der Waals surface area contributed by atoms with Gasteiger partial charge in [0.05, 0.1) is 36.4 Å². The molecular weight excluding hydrogens is 616 g/mol. The van der Waals surface area contributed by atoms with Gasteiger partial charge in [0, 0.05) is 51.0 Å². The van der Waals surface area contributed by atoms with Crippen LogP contribution in [0.5, 0.6) is 0 Å². The van der Waals surface area contributed by atoms with Crippen molar-refractivity contribution in [3.63, 3.8) is 0 Å². The third-order valence-electron chi connectivity index (χ3n) is 9.85. The molecular formula is C37H62N2O9. The second kappa shape index (κ2) is 17.6. The third-order valence-corrected chi connectivity index (χ3v) is 9.85. The number of amides is 1. The highest BCUT2D eigenvalue weighted by Gasteiger charge is 2.47. The number of cyclic esters (lactones) is 1. The van der Waals surface area contributed by atoms with E-state index in [1.165, 1.54) is 0 Å². The first-order valence-electron chi connectivity index (χ1n) is 17.8.